The van der Waals surface area contributed by atoms with Gasteiger partial charge in [-0.25, -0.2) is 19.0 Å². The van der Waals surface area contributed by atoms with E-state index in [1.54, 1.807) is 55.4 Å². The van der Waals surface area contributed by atoms with Crippen LogP contribution in [-0.2, 0) is 14.3 Å². The van der Waals surface area contributed by atoms with Crippen molar-refractivity contribution in [2.24, 2.45) is 0 Å². The lowest BCUT2D eigenvalue weighted by atomic mass is 10.1. The van der Waals surface area contributed by atoms with Crippen LogP contribution in [0.15, 0.2) is 0 Å². The van der Waals surface area contributed by atoms with Crippen molar-refractivity contribution in [3.05, 3.63) is 22.2 Å². The zero-order valence-corrected chi connectivity index (χ0v) is 24.3. The summed E-state index contributed by atoms with van der Waals surface area (Å²) in [7, 11) is 0. The van der Waals surface area contributed by atoms with Gasteiger partial charge in [0, 0.05) is 17.6 Å². The number of rotatable bonds is 7. The molecule has 3 rings (SSSR count). The number of ether oxygens (including phenoxy) is 3. The second-order valence-corrected chi connectivity index (χ2v) is 11.3. The van der Waals surface area contributed by atoms with Gasteiger partial charge in [-0.3, -0.25) is 4.90 Å². The maximum absolute atomic E-state index is 15.1. The maximum atomic E-state index is 15.1. The number of carbonyl (C=O) groups is 2. The summed E-state index contributed by atoms with van der Waals surface area (Å²) >= 11 is 6.12. The number of nitrogens with one attached hydrogen (secondary N) is 1. The van der Waals surface area contributed by atoms with Crippen LogP contribution >= 0.6 is 11.6 Å². The van der Waals surface area contributed by atoms with Crippen molar-refractivity contribution in [2.75, 3.05) is 11.9 Å². The summed E-state index contributed by atoms with van der Waals surface area (Å²) < 4.78 is 32.5. The first-order valence-corrected chi connectivity index (χ1v) is 13.3. The van der Waals surface area contributed by atoms with Crippen LogP contribution in [0.5, 0.6) is 5.88 Å². The average molecular weight is 553 g/mol. The molecule has 2 aromatic heterocycles. The Kier molecular flexibility index (Phi) is 8.96. The van der Waals surface area contributed by atoms with E-state index < -0.39 is 41.7 Å². The predicted octanol–water partition coefficient (Wildman–Crippen LogP) is 5.96. The van der Waals surface area contributed by atoms with Gasteiger partial charge in [0.1, 0.15) is 23.6 Å². The van der Waals surface area contributed by atoms with E-state index in [1.165, 1.54) is 4.90 Å². The van der Waals surface area contributed by atoms with Crippen molar-refractivity contribution in [1.29, 1.82) is 0 Å². The van der Waals surface area contributed by atoms with Crippen LogP contribution in [0.3, 0.4) is 0 Å². The Labute approximate surface area is 228 Å². The number of hydrogen-bond acceptors (Lipinski definition) is 8. The number of carbonyl (C=O) groups excluding carboxylic acids is 2. The van der Waals surface area contributed by atoms with E-state index in [0.717, 1.165) is 0 Å². The van der Waals surface area contributed by atoms with Crippen LogP contribution in [0.25, 0.3) is 10.8 Å². The normalized spacial score (nSPS) is 17.9. The van der Waals surface area contributed by atoms with Gasteiger partial charge < -0.3 is 19.5 Å². The van der Waals surface area contributed by atoms with Gasteiger partial charge in [-0.1, -0.05) is 24.9 Å². The molecule has 1 N–H and O–H groups in total. The number of nitrogens with zero attached hydrogens (tertiary/aromatic N) is 3. The highest BCUT2D eigenvalue weighted by Crippen LogP contribution is 2.40. The lowest BCUT2D eigenvalue weighted by molar-refractivity contribution is -0.154. The van der Waals surface area contributed by atoms with Gasteiger partial charge in [-0.05, 0) is 67.4 Å². The van der Waals surface area contributed by atoms with Gasteiger partial charge in [0.05, 0.1) is 17.5 Å². The zero-order valence-electron chi connectivity index (χ0n) is 23.6. The minimum absolute atomic E-state index is 0.0221. The first-order valence-electron chi connectivity index (χ1n) is 12.9. The monoisotopic (exact) mass is 552 g/mol. The molecule has 38 heavy (non-hydrogen) atoms. The number of amides is 1. The Morgan fingerprint density at radius 1 is 1.21 bits per heavy atom. The molecule has 210 valence electrons. The largest absolute Gasteiger partial charge is 0.472 e. The molecular weight excluding hydrogens is 515 g/mol. The van der Waals surface area contributed by atoms with Crippen molar-refractivity contribution in [1.82, 2.24) is 14.9 Å². The molecule has 0 spiro atoms. The number of aryl methyl sites for hydroxylation is 2. The second-order valence-electron chi connectivity index (χ2n) is 10.9. The second kappa shape index (κ2) is 11.5. The van der Waals surface area contributed by atoms with Crippen molar-refractivity contribution < 1.29 is 28.2 Å². The fourth-order valence-electron chi connectivity index (χ4n) is 4.36. The van der Waals surface area contributed by atoms with Gasteiger partial charge in [0.25, 0.3) is 0 Å². The molecule has 1 aliphatic heterocycles. The van der Waals surface area contributed by atoms with E-state index in [9.17, 15) is 9.59 Å². The number of anilines is 1. The fraction of sp³-hybridized carbons (Fsp3) is 0.630. The van der Waals surface area contributed by atoms with Gasteiger partial charge in [-0.2, -0.15) is 4.98 Å². The van der Waals surface area contributed by atoms with Crippen LogP contribution in [0.4, 0.5) is 15.0 Å². The topological polar surface area (TPSA) is 103 Å². The van der Waals surface area contributed by atoms with Crippen molar-refractivity contribution in [3.63, 3.8) is 0 Å². The highest BCUT2D eigenvalue weighted by atomic mass is 35.5. The highest BCUT2D eigenvalue weighted by molar-refractivity contribution is 6.30. The molecule has 0 bridgehead atoms. The van der Waals surface area contributed by atoms with E-state index in [0.29, 0.717) is 35.3 Å². The summed E-state index contributed by atoms with van der Waals surface area (Å²) in [5.41, 5.74) is 0.440. The van der Waals surface area contributed by atoms with Crippen LogP contribution in [0.1, 0.15) is 72.6 Å². The summed E-state index contributed by atoms with van der Waals surface area (Å²) in [6, 6.07) is -1.45. The summed E-state index contributed by atoms with van der Waals surface area (Å²) in [6.07, 6.45) is -0.572. The molecule has 0 aromatic carbocycles. The molecule has 3 heterocycles. The third-order valence-electron chi connectivity index (χ3n) is 6.27. The maximum Gasteiger partial charge on any atom is 0.411 e. The number of aromatic nitrogens is 2. The summed E-state index contributed by atoms with van der Waals surface area (Å²) in [5, 5.41) is 3.67. The minimum Gasteiger partial charge on any atom is -0.472 e. The molecule has 2 aromatic rings. The molecule has 1 amide bonds. The van der Waals surface area contributed by atoms with Crippen LogP contribution in [-0.4, -0.2) is 63.4 Å². The molecule has 0 fully saturated rings. The van der Waals surface area contributed by atoms with E-state index in [4.69, 9.17) is 25.8 Å². The predicted molar refractivity (Wildman–Crippen MR) is 144 cm³/mol. The third-order valence-corrected chi connectivity index (χ3v) is 6.52. The van der Waals surface area contributed by atoms with Crippen molar-refractivity contribution in [2.45, 2.75) is 105 Å². The minimum atomic E-state index is -0.880. The standard InChI is InChI=1S/C27H38ClFN4O5/c1-10-11-18(25(34)36-13(2)3)33(26(35)38-27(7,8)9)12-17-16(6)37-24-20-19(21(29)22(28)32-24)14(4)15(5)30-23(20)31-17/h13,16-18H,10-12H2,1-9H3,(H,30,31). The molecule has 0 radical (unpaired) electrons. The molecular formula is C27H38ClFN4O5. The van der Waals surface area contributed by atoms with E-state index in [1.807, 2.05) is 6.92 Å². The number of pyridine rings is 2. The smallest absolute Gasteiger partial charge is 0.411 e. The molecule has 3 unspecified atom stereocenters. The highest BCUT2D eigenvalue weighted by Gasteiger charge is 2.38. The quantitative estimate of drug-likeness (QED) is 0.331. The number of halogens is 2. The number of hydrogen-bond donors (Lipinski definition) is 1. The molecule has 1 aliphatic rings. The zero-order chi connectivity index (χ0) is 28.5. The van der Waals surface area contributed by atoms with Crippen LogP contribution < -0.4 is 10.1 Å². The fourth-order valence-corrected chi connectivity index (χ4v) is 4.53. The Bertz CT molecular complexity index is 1210. The Hall–Kier alpha value is -2.88. The Morgan fingerprint density at radius 2 is 1.87 bits per heavy atom. The number of esters is 1. The van der Waals surface area contributed by atoms with Crippen LogP contribution in [0.2, 0.25) is 5.15 Å². The summed E-state index contributed by atoms with van der Waals surface area (Å²) in [5.74, 6) is -0.662. The van der Waals surface area contributed by atoms with Crippen molar-refractivity contribution >= 4 is 40.3 Å². The Balaban J connectivity index is 2.07. The van der Waals surface area contributed by atoms with Gasteiger partial charge >= 0.3 is 12.1 Å². The average Bonchev–Trinajstić information content (AvgIpc) is 2.90. The van der Waals surface area contributed by atoms with E-state index in [-0.39, 0.29) is 29.1 Å². The van der Waals surface area contributed by atoms with Crippen LogP contribution in [0, 0.1) is 19.7 Å². The summed E-state index contributed by atoms with van der Waals surface area (Å²) in [4.78, 5) is 36.8. The third kappa shape index (κ3) is 6.39. The lowest BCUT2D eigenvalue weighted by Gasteiger charge is -2.36. The molecule has 0 saturated heterocycles. The van der Waals surface area contributed by atoms with Crippen molar-refractivity contribution in [3.8, 4) is 5.88 Å². The first kappa shape index (κ1) is 29.7. The summed E-state index contributed by atoms with van der Waals surface area (Å²) in [6.45, 7) is 16.1. The lowest BCUT2D eigenvalue weighted by Crippen LogP contribution is -2.54. The van der Waals surface area contributed by atoms with E-state index in [2.05, 4.69) is 15.3 Å². The molecule has 3 atom stereocenters. The van der Waals surface area contributed by atoms with Gasteiger partial charge in [0.15, 0.2) is 11.0 Å². The molecule has 9 nitrogen and oxygen atoms in total. The van der Waals surface area contributed by atoms with Gasteiger partial charge in [0.2, 0.25) is 5.88 Å². The molecule has 0 saturated carbocycles. The van der Waals surface area contributed by atoms with E-state index >= 15 is 4.39 Å². The molecule has 0 aliphatic carbocycles. The molecule has 11 heteroatoms. The Morgan fingerprint density at radius 3 is 2.45 bits per heavy atom. The van der Waals surface area contributed by atoms with Gasteiger partial charge in [-0.15, -0.1) is 0 Å². The first-order chi connectivity index (χ1) is 17.6. The SMILES string of the molecule is CCCC(C(=O)OC(C)C)N(CC1Nc2nc(C)c(C)c3c(F)c(Cl)nc(c23)OC1C)C(=O)OC(C)(C)C.